The number of fused-ring (bicyclic) bond motifs is 6. The quantitative estimate of drug-likeness (QED) is 0.347. The molecule has 0 unspecified atom stereocenters. The SMILES string of the molecule is CC1=C(C)/C2=C/C3=N[C@](C)(C(C)=C3C)[C@H](c3ccc(C)cc3)c3[nH]c(c(C)c3C)/C=c3\[nH]/c(c(C)c3C)=C\C1=N2. The van der Waals surface area contributed by atoms with Crippen molar-refractivity contribution < 1.29 is 0 Å². The van der Waals surface area contributed by atoms with E-state index in [1.54, 1.807) is 0 Å². The van der Waals surface area contributed by atoms with E-state index in [2.05, 4.69) is 122 Å². The monoisotopic (exact) mass is 528 g/mol. The van der Waals surface area contributed by atoms with Crippen LogP contribution in [0.3, 0.4) is 0 Å². The molecule has 5 heterocycles. The lowest BCUT2D eigenvalue weighted by molar-refractivity contribution is 0.486. The van der Waals surface area contributed by atoms with E-state index >= 15 is 0 Å². The third-order valence-corrected chi connectivity index (χ3v) is 10.0. The molecule has 2 N–H and O–H groups in total. The van der Waals surface area contributed by atoms with Gasteiger partial charge in [-0.1, -0.05) is 29.8 Å². The average Bonchev–Trinajstić information content (AvgIpc) is 3.52. The number of H-pyrrole nitrogens is 2. The van der Waals surface area contributed by atoms with Gasteiger partial charge in [0.25, 0.3) is 0 Å². The lowest BCUT2D eigenvalue weighted by Gasteiger charge is -2.34. The van der Waals surface area contributed by atoms with Gasteiger partial charge in [-0.25, -0.2) is 4.99 Å². The summed E-state index contributed by atoms with van der Waals surface area (Å²) in [6.07, 6.45) is 6.68. The first-order valence-electron chi connectivity index (χ1n) is 14.3. The Morgan fingerprint density at radius 3 is 1.98 bits per heavy atom. The molecule has 40 heavy (non-hydrogen) atoms. The standard InChI is InChI=1S/C36H40N4/c1-18-11-13-27(14-12-18)34-35-24(7)23(6)32(39-35)16-30-20(3)19(2)28(37-30)15-29-21(4)22(5)31(38-29)17-33-25(8)26(9)36(34,10)40-33/h11-17,34,37,39H,1-10H3/b28-15-,30-16-,31-17-/t34-,36-/m1/s1. The summed E-state index contributed by atoms with van der Waals surface area (Å²) in [6, 6.07) is 9.00. The number of hydrogen-bond acceptors (Lipinski definition) is 2. The van der Waals surface area contributed by atoms with Gasteiger partial charge in [0.15, 0.2) is 0 Å². The molecule has 8 bridgehead atoms. The first-order valence-corrected chi connectivity index (χ1v) is 14.3. The van der Waals surface area contributed by atoms with E-state index in [4.69, 9.17) is 9.98 Å². The predicted octanol–water partition coefficient (Wildman–Crippen LogP) is 6.86. The van der Waals surface area contributed by atoms with Crippen molar-refractivity contribution in [1.29, 1.82) is 0 Å². The van der Waals surface area contributed by atoms with Gasteiger partial charge in [-0.3, -0.25) is 4.99 Å². The van der Waals surface area contributed by atoms with E-state index in [9.17, 15) is 0 Å². The maximum atomic E-state index is 5.54. The lowest BCUT2D eigenvalue weighted by Crippen LogP contribution is -2.32. The highest BCUT2D eigenvalue weighted by atomic mass is 14.9. The summed E-state index contributed by atoms with van der Waals surface area (Å²) in [4.78, 5) is 18.3. The van der Waals surface area contributed by atoms with E-state index in [1.807, 2.05) is 0 Å². The van der Waals surface area contributed by atoms with E-state index in [0.29, 0.717) is 0 Å². The zero-order valence-corrected chi connectivity index (χ0v) is 25.5. The number of nitrogens with one attached hydrogen (secondary N) is 2. The molecule has 0 saturated heterocycles. The second-order valence-electron chi connectivity index (χ2n) is 12.2. The Morgan fingerprint density at radius 1 is 0.650 bits per heavy atom. The van der Waals surface area contributed by atoms with Crippen LogP contribution in [0.1, 0.15) is 85.3 Å². The Balaban J connectivity index is 1.73. The van der Waals surface area contributed by atoms with Gasteiger partial charge in [-0.2, -0.15) is 0 Å². The van der Waals surface area contributed by atoms with Crippen LogP contribution in [-0.4, -0.2) is 26.9 Å². The molecule has 2 aromatic heterocycles. The molecule has 1 aromatic carbocycles. The van der Waals surface area contributed by atoms with Crippen molar-refractivity contribution >= 4 is 23.6 Å². The summed E-state index contributed by atoms with van der Waals surface area (Å²) >= 11 is 0. The number of aliphatic imine (C=N–C) groups is 2. The van der Waals surface area contributed by atoms with E-state index in [1.165, 1.54) is 61.4 Å². The van der Waals surface area contributed by atoms with Crippen LogP contribution < -0.4 is 10.7 Å². The zero-order valence-electron chi connectivity index (χ0n) is 25.5. The summed E-state index contributed by atoms with van der Waals surface area (Å²) in [7, 11) is 0. The average molecular weight is 529 g/mol. The first kappa shape index (κ1) is 26.3. The molecular formula is C36H40N4. The molecule has 4 heteroatoms. The molecule has 3 aliphatic rings. The number of nitrogens with zero attached hydrogens (tertiary/aromatic N) is 2. The molecule has 3 aliphatic heterocycles. The normalized spacial score (nSPS) is 25.2. The van der Waals surface area contributed by atoms with Crippen LogP contribution in [0.25, 0.3) is 12.2 Å². The molecule has 4 nitrogen and oxygen atoms in total. The molecule has 6 rings (SSSR count). The van der Waals surface area contributed by atoms with Crippen molar-refractivity contribution in [3.63, 3.8) is 0 Å². The fraction of sp³-hybridized carbons (Fsp3) is 0.333. The zero-order chi connectivity index (χ0) is 28.7. The molecule has 0 spiro atoms. The van der Waals surface area contributed by atoms with Gasteiger partial charge < -0.3 is 9.97 Å². The Bertz CT molecular complexity index is 1880. The molecule has 0 fully saturated rings. The van der Waals surface area contributed by atoms with Crippen molar-refractivity contribution in [2.75, 3.05) is 0 Å². The van der Waals surface area contributed by atoms with Crippen molar-refractivity contribution in [3.05, 3.63) is 114 Å². The van der Waals surface area contributed by atoms with E-state index in [0.717, 1.165) is 33.5 Å². The third-order valence-electron chi connectivity index (χ3n) is 10.0. The maximum Gasteiger partial charge on any atom is 0.0922 e. The van der Waals surface area contributed by atoms with Crippen LogP contribution in [0, 0.1) is 34.6 Å². The van der Waals surface area contributed by atoms with Gasteiger partial charge in [0, 0.05) is 22.1 Å². The van der Waals surface area contributed by atoms with Crippen LogP contribution in [-0.2, 0) is 0 Å². The van der Waals surface area contributed by atoms with E-state index < -0.39 is 5.54 Å². The second-order valence-corrected chi connectivity index (χ2v) is 12.2. The Labute approximate surface area is 237 Å². The molecule has 204 valence electrons. The minimum atomic E-state index is -0.446. The van der Waals surface area contributed by atoms with Gasteiger partial charge in [0.1, 0.15) is 0 Å². The molecule has 0 amide bonds. The number of benzene rings is 1. The number of aryl methyl sites for hydroxylation is 1. The van der Waals surface area contributed by atoms with Crippen LogP contribution in [0.2, 0.25) is 0 Å². The van der Waals surface area contributed by atoms with Crippen molar-refractivity contribution in [2.45, 2.75) is 80.7 Å². The number of allylic oxidation sites excluding steroid dienone is 4. The Hall–Kier alpha value is -3.92. The van der Waals surface area contributed by atoms with Crippen LogP contribution in [0.4, 0.5) is 0 Å². The summed E-state index contributed by atoms with van der Waals surface area (Å²) in [5.41, 5.74) is 17.5. The highest BCUT2D eigenvalue weighted by molar-refractivity contribution is 6.23. The van der Waals surface area contributed by atoms with Gasteiger partial charge in [-0.05, 0) is 138 Å². The van der Waals surface area contributed by atoms with Crippen molar-refractivity contribution in [2.24, 2.45) is 9.98 Å². The maximum absolute atomic E-state index is 5.54. The number of rotatable bonds is 1. The molecule has 0 aliphatic carbocycles. The number of aromatic nitrogens is 2. The Kier molecular flexibility index (Phi) is 5.96. The number of aromatic amines is 2. The lowest BCUT2D eigenvalue weighted by atomic mass is 9.73. The highest BCUT2D eigenvalue weighted by Crippen LogP contribution is 2.48. The van der Waals surface area contributed by atoms with Gasteiger partial charge in [-0.15, -0.1) is 0 Å². The Morgan fingerprint density at radius 2 is 1.30 bits per heavy atom. The van der Waals surface area contributed by atoms with Gasteiger partial charge in [0.2, 0.25) is 0 Å². The molecular weight excluding hydrogens is 488 g/mol. The minimum absolute atomic E-state index is 0.0316. The largest absolute Gasteiger partial charge is 0.358 e. The van der Waals surface area contributed by atoms with Crippen molar-refractivity contribution in [1.82, 2.24) is 9.97 Å². The summed E-state index contributed by atoms with van der Waals surface area (Å²) in [6.45, 7) is 22.2. The smallest absolute Gasteiger partial charge is 0.0922 e. The van der Waals surface area contributed by atoms with Gasteiger partial charge >= 0.3 is 0 Å². The molecule has 0 saturated carbocycles. The molecule has 3 aromatic rings. The molecule has 2 atom stereocenters. The summed E-state index contributed by atoms with van der Waals surface area (Å²) in [5.74, 6) is 0.0316. The molecule has 0 radical (unpaired) electrons. The van der Waals surface area contributed by atoms with Crippen molar-refractivity contribution in [3.8, 4) is 0 Å². The minimum Gasteiger partial charge on any atom is -0.358 e. The first-order chi connectivity index (χ1) is 18.9. The van der Waals surface area contributed by atoms with Crippen LogP contribution >= 0.6 is 0 Å². The fourth-order valence-corrected chi connectivity index (χ4v) is 6.51. The summed E-state index contributed by atoms with van der Waals surface area (Å²) in [5, 5.41) is 2.24. The van der Waals surface area contributed by atoms with E-state index in [-0.39, 0.29) is 5.92 Å². The van der Waals surface area contributed by atoms with Crippen LogP contribution in [0.15, 0.2) is 68.3 Å². The third kappa shape index (κ3) is 3.80. The fourth-order valence-electron chi connectivity index (χ4n) is 6.51. The van der Waals surface area contributed by atoms with Gasteiger partial charge in [0.05, 0.1) is 28.6 Å². The number of hydrogen-bond donors (Lipinski definition) is 2. The second kappa shape index (κ2) is 9.05. The predicted molar refractivity (Wildman–Crippen MR) is 169 cm³/mol. The summed E-state index contributed by atoms with van der Waals surface area (Å²) < 4.78 is 0. The highest BCUT2D eigenvalue weighted by Gasteiger charge is 2.44. The topological polar surface area (TPSA) is 56.3 Å². The van der Waals surface area contributed by atoms with Crippen LogP contribution in [0.5, 0.6) is 0 Å².